The second-order valence-electron chi connectivity index (χ2n) is 5.00. The van der Waals surface area contributed by atoms with E-state index in [4.69, 9.17) is 11.6 Å². The quantitative estimate of drug-likeness (QED) is 0.743. The Morgan fingerprint density at radius 3 is 2.62 bits per heavy atom. The van der Waals surface area contributed by atoms with Crippen LogP contribution in [-0.2, 0) is 6.54 Å². The molecule has 2 aromatic rings. The zero-order chi connectivity index (χ0) is 15.4. The standard InChI is InChI=1S/C16H16BrClN2O/c1-11(2)20(10-12-6-4-3-5-7-12)16(21)14-8-13(17)9-19-15(14)18/h3-9,11H,10H2,1-2H3. The summed E-state index contributed by atoms with van der Waals surface area (Å²) in [6.07, 6.45) is 1.58. The number of halogens is 2. The van der Waals surface area contributed by atoms with E-state index in [1.807, 2.05) is 44.2 Å². The smallest absolute Gasteiger partial charge is 0.257 e. The number of aromatic nitrogens is 1. The number of carbonyl (C=O) groups is 1. The number of benzene rings is 1. The molecule has 0 unspecified atom stereocenters. The predicted molar refractivity (Wildman–Crippen MR) is 88.4 cm³/mol. The van der Waals surface area contributed by atoms with E-state index in [1.54, 1.807) is 17.2 Å². The minimum absolute atomic E-state index is 0.0627. The van der Waals surface area contributed by atoms with Crippen molar-refractivity contribution in [2.75, 3.05) is 0 Å². The highest BCUT2D eigenvalue weighted by Gasteiger charge is 2.22. The Kier molecular flexibility index (Phi) is 5.37. The van der Waals surface area contributed by atoms with Gasteiger partial charge < -0.3 is 4.90 Å². The van der Waals surface area contributed by atoms with Crippen LogP contribution in [-0.4, -0.2) is 21.8 Å². The van der Waals surface area contributed by atoms with Gasteiger partial charge in [0.25, 0.3) is 5.91 Å². The van der Waals surface area contributed by atoms with Crippen molar-refractivity contribution in [1.29, 1.82) is 0 Å². The van der Waals surface area contributed by atoms with Crippen molar-refractivity contribution in [3.8, 4) is 0 Å². The molecule has 0 spiro atoms. The highest BCUT2D eigenvalue weighted by Crippen LogP contribution is 2.21. The number of carbonyl (C=O) groups excluding carboxylic acids is 1. The van der Waals surface area contributed by atoms with Crippen molar-refractivity contribution in [1.82, 2.24) is 9.88 Å². The number of nitrogens with zero attached hydrogens (tertiary/aromatic N) is 2. The molecule has 0 bridgehead atoms. The van der Waals surface area contributed by atoms with Crippen molar-refractivity contribution in [2.45, 2.75) is 26.4 Å². The molecule has 1 amide bonds. The van der Waals surface area contributed by atoms with Crippen LogP contribution in [0.4, 0.5) is 0 Å². The molecule has 0 saturated carbocycles. The molecule has 0 aliphatic heterocycles. The van der Waals surface area contributed by atoms with Crippen LogP contribution in [0.15, 0.2) is 47.1 Å². The largest absolute Gasteiger partial charge is 0.332 e. The number of amides is 1. The van der Waals surface area contributed by atoms with Crippen molar-refractivity contribution >= 4 is 33.4 Å². The first-order valence-corrected chi connectivity index (χ1v) is 7.82. The second kappa shape index (κ2) is 7.05. The van der Waals surface area contributed by atoms with E-state index in [-0.39, 0.29) is 17.1 Å². The van der Waals surface area contributed by atoms with E-state index < -0.39 is 0 Å². The molecular weight excluding hydrogens is 352 g/mol. The summed E-state index contributed by atoms with van der Waals surface area (Å²) in [6.45, 7) is 4.51. The second-order valence-corrected chi connectivity index (χ2v) is 6.28. The Hall–Kier alpha value is -1.39. The molecule has 5 heteroatoms. The van der Waals surface area contributed by atoms with Crippen LogP contribution in [0.5, 0.6) is 0 Å². The van der Waals surface area contributed by atoms with Crippen LogP contribution >= 0.6 is 27.5 Å². The highest BCUT2D eigenvalue weighted by molar-refractivity contribution is 9.10. The van der Waals surface area contributed by atoms with Crippen LogP contribution in [0.25, 0.3) is 0 Å². The van der Waals surface area contributed by atoms with Gasteiger partial charge in [0.15, 0.2) is 0 Å². The minimum Gasteiger partial charge on any atom is -0.332 e. The lowest BCUT2D eigenvalue weighted by molar-refractivity contribution is 0.0690. The third-order valence-electron chi connectivity index (χ3n) is 3.12. The molecule has 3 nitrogen and oxygen atoms in total. The lowest BCUT2D eigenvalue weighted by atomic mass is 10.1. The van der Waals surface area contributed by atoms with Gasteiger partial charge in [0.2, 0.25) is 0 Å². The van der Waals surface area contributed by atoms with Crippen LogP contribution in [0.3, 0.4) is 0 Å². The third-order valence-corrected chi connectivity index (χ3v) is 3.85. The number of pyridine rings is 1. The SMILES string of the molecule is CC(C)N(Cc1ccccc1)C(=O)c1cc(Br)cnc1Cl. The fourth-order valence-electron chi connectivity index (χ4n) is 2.00. The fraction of sp³-hybridized carbons (Fsp3) is 0.250. The third kappa shape index (κ3) is 4.05. The summed E-state index contributed by atoms with van der Waals surface area (Å²) in [7, 11) is 0. The molecule has 0 saturated heterocycles. The van der Waals surface area contributed by atoms with Gasteiger partial charge in [-0.3, -0.25) is 4.79 Å². The lowest BCUT2D eigenvalue weighted by Crippen LogP contribution is -2.36. The van der Waals surface area contributed by atoms with Gasteiger partial charge in [-0.2, -0.15) is 0 Å². The van der Waals surface area contributed by atoms with Gasteiger partial charge in [-0.15, -0.1) is 0 Å². The van der Waals surface area contributed by atoms with Gasteiger partial charge in [0, 0.05) is 23.3 Å². The van der Waals surface area contributed by atoms with Crippen molar-refractivity contribution in [3.05, 3.63) is 63.3 Å². The Morgan fingerprint density at radius 1 is 1.33 bits per heavy atom. The van der Waals surface area contributed by atoms with Gasteiger partial charge in [-0.1, -0.05) is 41.9 Å². The van der Waals surface area contributed by atoms with Crippen LogP contribution in [0.2, 0.25) is 5.15 Å². The zero-order valence-electron chi connectivity index (χ0n) is 11.9. The molecule has 0 atom stereocenters. The van der Waals surface area contributed by atoms with Gasteiger partial charge in [-0.25, -0.2) is 4.98 Å². The summed E-state index contributed by atoms with van der Waals surface area (Å²) in [5.74, 6) is -0.118. The van der Waals surface area contributed by atoms with Crippen LogP contribution in [0.1, 0.15) is 29.8 Å². The van der Waals surface area contributed by atoms with E-state index in [0.29, 0.717) is 12.1 Å². The van der Waals surface area contributed by atoms with Gasteiger partial charge in [-0.05, 0) is 41.4 Å². The van der Waals surface area contributed by atoms with Gasteiger partial charge in [0.05, 0.1) is 5.56 Å². The fourth-order valence-corrected chi connectivity index (χ4v) is 2.51. The molecule has 0 N–H and O–H groups in total. The van der Waals surface area contributed by atoms with E-state index in [2.05, 4.69) is 20.9 Å². The summed E-state index contributed by atoms with van der Waals surface area (Å²) in [4.78, 5) is 18.5. The maximum absolute atomic E-state index is 12.7. The molecule has 0 aliphatic rings. The molecule has 1 aromatic heterocycles. The molecule has 0 radical (unpaired) electrons. The number of hydrogen-bond donors (Lipinski definition) is 0. The van der Waals surface area contributed by atoms with E-state index >= 15 is 0 Å². The molecule has 110 valence electrons. The topological polar surface area (TPSA) is 33.2 Å². The Balaban J connectivity index is 2.30. The molecule has 21 heavy (non-hydrogen) atoms. The summed E-state index contributed by atoms with van der Waals surface area (Å²) in [6, 6.07) is 11.7. The normalized spacial score (nSPS) is 10.7. The molecule has 0 aliphatic carbocycles. The van der Waals surface area contributed by atoms with E-state index in [0.717, 1.165) is 10.0 Å². The highest BCUT2D eigenvalue weighted by atomic mass is 79.9. The maximum atomic E-state index is 12.7. The molecule has 0 fully saturated rings. The Labute approximate surface area is 138 Å². The molecule has 2 rings (SSSR count). The molecule has 1 aromatic carbocycles. The summed E-state index contributed by atoms with van der Waals surface area (Å²) in [5.41, 5.74) is 1.49. The summed E-state index contributed by atoms with van der Waals surface area (Å²) < 4.78 is 0.735. The zero-order valence-corrected chi connectivity index (χ0v) is 14.2. The summed E-state index contributed by atoms with van der Waals surface area (Å²) in [5, 5.41) is 0.224. The van der Waals surface area contributed by atoms with Crippen LogP contribution < -0.4 is 0 Å². The average Bonchev–Trinajstić information content (AvgIpc) is 2.47. The van der Waals surface area contributed by atoms with Crippen molar-refractivity contribution in [3.63, 3.8) is 0 Å². The van der Waals surface area contributed by atoms with Gasteiger partial charge in [0.1, 0.15) is 5.15 Å². The maximum Gasteiger partial charge on any atom is 0.257 e. The Morgan fingerprint density at radius 2 is 2.00 bits per heavy atom. The monoisotopic (exact) mass is 366 g/mol. The molecular formula is C16H16BrClN2O. The average molecular weight is 368 g/mol. The minimum atomic E-state index is -0.118. The first-order valence-electron chi connectivity index (χ1n) is 6.65. The Bertz CT molecular complexity index is 631. The van der Waals surface area contributed by atoms with Crippen molar-refractivity contribution in [2.24, 2.45) is 0 Å². The van der Waals surface area contributed by atoms with E-state index in [1.165, 1.54) is 0 Å². The number of rotatable bonds is 4. The molecule has 1 heterocycles. The van der Waals surface area contributed by atoms with E-state index in [9.17, 15) is 4.79 Å². The summed E-state index contributed by atoms with van der Waals surface area (Å²) >= 11 is 9.39. The predicted octanol–water partition coefficient (Wildman–Crippen LogP) is 4.55. The van der Waals surface area contributed by atoms with Gasteiger partial charge >= 0.3 is 0 Å². The lowest BCUT2D eigenvalue weighted by Gasteiger charge is -2.27. The first kappa shape index (κ1) is 16.0. The van der Waals surface area contributed by atoms with Crippen LogP contribution in [0, 0.1) is 0 Å². The first-order chi connectivity index (χ1) is 9.99. The number of hydrogen-bond acceptors (Lipinski definition) is 2. The van der Waals surface area contributed by atoms with Crippen molar-refractivity contribution < 1.29 is 4.79 Å².